The molecular formula is C12H20N2O3. The number of hydrogen-bond donors (Lipinski definition) is 1. The number of fused-ring (bicyclic) bond motifs is 1. The van der Waals surface area contributed by atoms with Crippen molar-refractivity contribution in [2.75, 3.05) is 26.7 Å². The Bertz CT molecular complexity index is 307. The number of rotatable bonds is 3. The summed E-state index contributed by atoms with van der Waals surface area (Å²) >= 11 is 0. The van der Waals surface area contributed by atoms with Crippen LogP contribution in [0.2, 0.25) is 0 Å². The number of nitrogens with zero attached hydrogens (tertiary/aromatic N) is 2. The van der Waals surface area contributed by atoms with E-state index in [2.05, 4.69) is 0 Å². The van der Waals surface area contributed by atoms with Crippen LogP contribution in [0, 0.1) is 11.8 Å². The van der Waals surface area contributed by atoms with Crippen LogP contribution in [-0.2, 0) is 4.79 Å². The molecule has 0 aromatic rings. The largest absolute Gasteiger partial charge is 0.481 e. The van der Waals surface area contributed by atoms with Crippen LogP contribution in [-0.4, -0.2) is 53.6 Å². The average molecular weight is 240 g/mol. The zero-order chi connectivity index (χ0) is 12.4. The molecule has 2 amide bonds. The summed E-state index contributed by atoms with van der Waals surface area (Å²) in [7, 11) is 1.68. The van der Waals surface area contributed by atoms with E-state index in [-0.39, 0.29) is 12.5 Å². The Morgan fingerprint density at radius 2 is 1.88 bits per heavy atom. The Hall–Kier alpha value is -1.26. The summed E-state index contributed by atoms with van der Waals surface area (Å²) in [5.74, 6) is 0.515. The van der Waals surface area contributed by atoms with Crippen LogP contribution >= 0.6 is 0 Å². The van der Waals surface area contributed by atoms with Gasteiger partial charge in [0.25, 0.3) is 0 Å². The van der Waals surface area contributed by atoms with E-state index in [1.54, 1.807) is 7.05 Å². The fraction of sp³-hybridized carbons (Fsp3) is 0.833. The predicted octanol–water partition coefficient (Wildman–Crippen LogP) is 1.24. The number of carboxylic acid groups (broad SMARTS) is 1. The first-order valence-corrected chi connectivity index (χ1v) is 6.29. The molecule has 2 atom stereocenters. The number of carbonyl (C=O) groups excluding carboxylic acids is 1. The van der Waals surface area contributed by atoms with Crippen LogP contribution < -0.4 is 0 Å². The summed E-state index contributed by atoms with van der Waals surface area (Å²) in [5, 5.41) is 8.59. The minimum Gasteiger partial charge on any atom is -0.481 e. The fourth-order valence-electron chi connectivity index (χ4n) is 2.99. The van der Waals surface area contributed by atoms with Crippen LogP contribution in [0.25, 0.3) is 0 Å². The van der Waals surface area contributed by atoms with Crippen molar-refractivity contribution in [3.05, 3.63) is 0 Å². The smallest absolute Gasteiger partial charge is 0.319 e. The van der Waals surface area contributed by atoms with E-state index in [0.717, 1.165) is 13.1 Å². The maximum atomic E-state index is 12.0. The third-order valence-electron chi connectivity index (χ3n) is 3.98. The first-order valence-electron chi connectivity index (χ1n) is 6.29. The normalized spacial score (nSPS) is 27.0. The lowest BCUT2D eigenvalue weighted by Gasteiger charge is -2.24. The zero-order valence-electron chi connectivity index (χ0n) is 10.3. The monoisotopic (exact) mass is 240 g/mol. The van der Waals surface area contributed by atoms with E-state index < -0.39 is 5.97 Å². The summed E-state index contributed by atoms with van der Waals surface area (Å²) in [5.41, 5.74) is 0. The van der Waals surface area contributed by atoms with Crippen LogP contribution in [0.15, 0.2) is 0 Å². The molecule has 1 heterocycles. The second-order valence-electron chi connectivity index (χ2n) is 5.20. The third-order valence-corrected chi connectivity index (χ3v) is 3.98. The molecule has 2 rings (SSSR count). The van der Waals surface area contributed by atoms with Crippen LogP contribution in [0.4, 0.5) is 4.79 Å². The Morgan fingerprint density at radius 1 is 1.29 bits per heavy atom. The number of likely N-dealkylation sites (tertiary alicyclic amines) is 1. The van der Waals surface area contributed by atoms with Crippen molar-refractivity contribution in [1.29, 1.82) is 0 Å². The number of urea groups is 1. The second-order valence-corrected chi connectivity index (χ2v) is 5.20. The van der Waals surface area contributed by atoms with Crippen molar-refractivity contribution in [2.45, 2.75) is 25.7 Å². The van der Waals surface area contributed by atoms with Gasteiger partial charge in [-0.25, -0.2) is 4.79 Å². The van der Waals surface area contributed by atoms with E-state index in [9.17, 15) is 9.59 Å². The maximum Gasteiger partial charge on any atom is 0.319 e. The minimum absolute atomic E-state index is 0.0133. The topological polar surface area (TPSA) is 60.9 Å². The molecule has 0 aromatic carbocycles. The van der Waals surface area contributed by atoms with Crippen molar-refractivity contribution in [1.82, 2.24) is 9.80 Å². The highest BCUT2D eigenvalue weighted by molar-refractivity contribution is 5.75. The lowest BCUT2D eigenvalue weighted by Crippen LogP contribution is -2.41. The maximum absolute atomic E-state index is 12.0. The molecule has 0 bridgehead atoms. The summed E-state index contributed by atoms with van der Waals surface area (Å²) < 4.78 is 0. The summed E-state index contributed by atoms with van der Waals surface area (Å²) in [6.07, 6.45) is 3.80. The summed E-state index contributed by atoms with van der Waals surface area (Å²) in [4.78, 5) is 25.9. The van der Waals surface area contributed by atoms with Gasteiger partial charge in [-0.15, -0.1) is 0 Å². The van der Waals surface area contributed by atoms with Gasteiger partial charge in [0.2, 0.25) is 0 Å². The molecule has 1 aliphatic carbocycles. The summed E-state index contributed by atoms with van der Waals surface area (Å²) in [6.45, 7) is 2.02. The Labute approximate surface area is 101 Å². The first kappa shape index (κ1) is 12.2. The Balaban J connectivity index is 1.82. The number of aliphatic carboxylic acids is 1. The Morgan fingerprint density at radius 3 is 2.41 bits per heavy atom. The molecule has 1 N–H and O–H groups in total. The predicted molar refractivity (Wildman–Crippen MR) is 62.7 cm³/mol. The zero-order valence-corrected chi connectivity index (χ0v) is 10.3. The van der Waals surface area contributed by atoms with Gasteiger partial charge >= 0.3 is 12.0 Å². The van der Waals surface area contributed by atoms with E-state index in [0.29, 0.717) is 18.4 Å². The second kappa shape index (κ2) is 4.94. The molecule has 96 valence electrons. The average Bonchev–Trinajstić information content (AvgIpc) is 2.84. The number of hydrogen-bond acceptors (Lipinski definition) is 2. The molecule has 2 unspecified atom stereocenters. The van der Waals surface area contributed by atoms with Gasteiger partial charge in [0.15, 0.2) is 0 Å². The van der Waals surface area contributed by atoms with E-state index in [4.69, 9.17) is 5.11 Å². The summed E-state index contributed by atoms with van der Waals surface area (Å²) in [6, 6.07) is -0.0133. The van der Waals surface area contributed by atoms with Crippen molar-refractivity contribution < 1.29 is 14.7 Å². The molecule has 1 aliphatic heterocycles. The molecule has 17 heavy (non-hydrogen) atoms. The van der Waals surface area contributed by atoms with Gasteiger partial charge in [0, 0.05) is 26.7 Å². The molecule has 5 heteroatoms. The third kappa shape index (κ3) is 2.70. The van der Waals surface area contributed by atoms with Crippen molar-refractivity contribution in [3.8, 4) is 0 Å². The first-order chi connectivity index (χ1) is 8.08. The lowest BCUT2D eigenvalue weighted by atomic mass is 10.0. The standard InChI is InChI=1S/C12H20N2O3/c1-13(6-5-11(15)16)12(17)14-7-9-3-2-4-10(9)8-14/h9-10H,2-8H2,1H3,(H,15,16). The van der Waals surface area contributed by atoms with E-state index >= 15 is 0 Å². The molecule has 1 saturated carbocycles. The Kier molecular flexibility index (Phi) is 3.54. The van der Waals surface area contributed by atoms with Crippen molar-refractivity contribution >= 4 is 12.0 Å². The van der Waals surface area contributed by atoms with Crippen molar-refractivity contribution in [3.63, 3.8) is 0 Å². The van der Waals surface area contributed by atoms with Crippen molar-refractivity contribution in [2.24, 2.45) is 11.8 Å². The molecule has 1 saturated heterocycles. The molecule has 0 aromatic heterocycles. The molecule has 0 spiro atoms. The van der Waals surface area contributed by atoms with E-state index in [1.807, 2.05) is 4.90 Å². The number of carbonyl (C=O) groups is 2. The van der Waals surface area contributed by atoms with Gasteiger partial charge in [-0.05, 0) is 24.7 Å². The highest BCUT2D eigenvalue weighted by Gasteiger charge is 2.38. The van der Waals surface area contributed by atoms with E-state index in [1.165, 1.54) is 24.2 Å². The van der Waals surface area contributed by atoms with Gasteiger partial charge in [0.05, 0.1) is 6.42 Å². The minimum atomic E-state index is -0.858. The van der Waals surface area contributed by atoms with Gasteiger partial charge in [-0.2, -0.15) is 0 Å². The molecule has 2 aliphatic rings. The lowest BCUT2D eigenvalue weighted by molar-refractivity contribution is -0.137. The van der Waals surface area contributed by atoms with Crippen LogP contribution in [0.3, 0.4) is 0 Å². The molecule has 5 nitrogen and oxygen atoms in total. The van der Waals surface area contributed by atoms with Gasteiger partial charge in [-0.3, -0.25) is 4.79 Å². The van der Waals surface area contributed by atoms with Crippen LogP contribution in [0.5, 0.6) is 0 Å². The number of amides is 2. The molecule has 0 radical (unpaired) electrons. The quantitative estimate of drug-likeness (QED) is 0.807. The van der Waals surface area contributed by atoms with Gasteiger partial charge in [-0.1, -0.05) is 6.42 Å². The fourth-order valence-corrected chi connectivity index (χ4v) is 2.99. The highest BCUT2D eigenvalue weighted by Crippen LogP contribution is 2.37. The van der Waals surface area contributed by atoms with Crippen LogP contribution in [0.1, 0.15) is 25.7 Å². The highest BCUT2D eigenvalue weighted by atomic mass is 16.4. The SMILES string of the molecule is CN(CCC(=O)O)C(=O)N1CC2CCCC2C1. The van der Waals surface area contributed by atoms with Gasteiger partial charge in [0.1, 0.15) is 0 Å². The number of carboxylic acids is 1. The molecular weight excluding hydrogens is 220 g/mol. The molecule has 2 fully saturated rings. The van der Waals surface area contributed by atoms with Gasteiger partial charge < -0.3 is 14.9 Å².